The maximum Gasteiger partial charge on any atom is 0.305 e. The first-order valence-electron chi connectivity index (χ1n) is 32.8. The van der Waals surface area contributed by atoms with Gasteiger partial charge >= 0.3 is 5.97 Å². The molecule has 0 radical (unpaired) electrons. The molecule has 0 aromatic heterocycles. The molecule has 0 aliphatic carbocycles. The highest BCUT2D eigenvalue weighted by molar-refractivity contribution is 5.76. The van der Waals surface area contributed by atoms with Crippen molar-refractivity contribution in [1.29, 1.82) is 0 Å². The highest BCUT2D eigenvalue weighted by atomic mass is 16.7. The molecule has 0 saturated carbocycles. The van der Waals surface area contributed by atoms with E-state index in [1.54, 1.807) is 6.08 Å². The minimum absolute atomic E-state index is 0.0129. The van der Waals surface area contributed by atoms with Gasteiger partial charge in [-0.3, -0.25) is 9.59 Å². The Bertz CT molecular complexity index is 1600. The number of rotatable bonds is 56. The summed E-state index contributed by atoms with van der Waals surface area (Å²) in [6.07, 6.45) is 68.8. The number of carbonyl (C=O) groups is 2. The number of amides is 1. The largest absolute Gasteiger partial charge is 0.466 e. The van der Waals surface area contributed by atoms with Crippen molar-refractivity contribution in [3.63, 3.8) is 0 Å². The first-order valence-corrected chi connectivity index (χ1v) is 32.8. The van der Waals surface area contributed by atoms with Gasteiger partial charge in [-0.05, 0) is 110 Å². The predicted octanol–water partition coefficient (Wildman–Crippen LogP) is 16.1. The Balaban J connectivity index is 1.96. The van der Waals surface area contributed by atoms with Gasteiger partial charge in [-0.15, -0.1) is 0 Å². The zero-order valence-corrected chi connectivity index (χ0v) is 51.0. The second-order valence-corrected chi connectivity index (χ2v) is 22.5. The van der Waals surface area contributed by atoms with E-state index in [0.29, 0.717) is 19.4 Å². The molecule has 11 nitrogen and oxygen atoms in total. The third-order valence-corrected chi connectivity index (χ3v) is 15.0. The monoisotopic (exact) mass is 1120 g/mol. The van der Waals surface area contributed by atoms with Crippen LogP contribution >= 0.6 is 0 Å². The molecule has 6 N–H and O–H groups in total. The van der Waals surface area contributed by atoms with Crippen LogP contribution in [0.1, 0.15) is 277 Å². The summed E-state index contributed by atoms with van der Waals surface area (Å²) < 4.78 is 16.7. The van der Waals surface area contributed by atoms with E-state index in [-0.39, 0.29) is 18.5 Å². The number of nitrogens with one attached hydrogen (secondary N) is 1. The maximum atomic E-state index is 13.0. The number of aliphatic hydroxyl groups is 5. The lowest BCUT2D eigenvalue weighted by Gasteiger charge is -2.40. The van der Waals surface area contributed by atoms with Crippen LogP contribution in [0.15, 0.2) is 85.1 Å². The summed E-state index contributed by atoms with van der Waals surface area (Å²) in [7, 11) is 0. The van der Waals surface area contributed by atoms with Crippen molar-refractivity contribution in [1.82, 2.24) is 5.32 Å². The minimum Gasteiger partial charge on any atom is -0.466 e. The molecule has 0 aromatic rings. The molecule has 462 valence electrons. The molecule has 0 spiro atoms. The number of unbranched alkanes of at least 4 members (excludes halogenated alkanes) is 31. The summed E-state index contributed by atoms with van der Waals surface area (Å²) in [5.41, 5.74) is 0. The van der Waals surface area contributed by atoms with Gasteiger partial charge in [0, 0.05) is 12.8 Å². The van der Waals surface area contributed by atoms with E-state index in [1.807, 2.05) is 19.1 Å². The van der Waals surface area contributed by atoms with Crippen molar-refractivity contribution >= 4 is 11.9 Å². The van der Waals surface area contributed by atoms with E-state index in [9.17, 15) is 35.1 Å². The van der Waals surface area contributed by atoms with E-state index >= 15 is 0 Å². The topological polar surface area (TPSA) is 175 Å². The Kier molecular flexibility index (Phi) is 53.9. The third kappa shape index (κ3) is 46.3. The number of esters is 1. The molecule has 1 fully saturated rings. The lowest BCUT2D eigenvalue weighted by molar-refractivity contribution is -0.302. The fourth-order valence-electron chi connectivity index (χ4n) is 9.81. The zero-order valence-electron chi connectivity index (χ0n) is 51.0. The summed E-state index contributed by atoms with van der Waals surface area (Å²) >= 11 is 0. The lowest BCUT2D eigenvalue weighted by Crippen LogP contribution is -2.60. The van der Waals surface area contributed by atoms with Crippen LogP contribution in [-0.2, 0) is 23.8 Å². The summed E-state index contributed by atoms with van der Waals surface area (Å²) in [5.74, 6) is -0.215. The maximum absolute atomic E-state index is 13.0. The highest BCUT2D eigenvalue weighted by Crippen LogP contribution is 2.23. The molecule has 7 atom stereocenters. The smallest absolute Gasteiger partial charge is 0.305 e. The predicted molar refractivity (Wildman–Crippen MR) is 333 cm³/mol. The molecule has 80 heavy (non-hydrogen) atoms. The number of ether oxygens (including phenoxy) is 3. The van der Waals surface area contributed by atoms with Crippen molar-refractivity contribution < 1.29 is 49.3 Å². The highest BCUT2D eigenvalue weighted by Gasteiger charge is 2.44. The standard InChI is InChI=1S/C69H121NO10/c1-3-5-7-9-11-13-14-15-34-37-41-45-49-53-57-65(74)78-58-54-50-46-42-38-35-32-30-28-26-24-22-20-18-16-17-19-21-23-25-27-29-31-33-36-40-44-48-52-56-64(73)70-61(62(72)55-51-47-43-39-12-10-8-6-4-2)60-79-69-68(77)67(76)66(75)63(59-71)80-69/h4,6,9,11-12,14-16,18,22,24,39,51,55,61-63,66-69,71-72,75-77H,3,5,7-8,10,13,17,19-21,23,25-38,40-50,52-54,56-60H2,1-2H3,(H,70,73)/b6-4+,11-9-,15-14-,18-16-,24-22-,39-12+,55-51+. The minimum atomic E-state index is -1.58. The van der Waals surface area contributed by atoms with Crippen molar-refractivity contribution in [2.24, 2.45) is 0 Å². The molecule has 1 rings (SSSR count). The first-order chi connectivity index (χ1) is 39.2. The van der Waals surface area contributed by atoms with Gasteiger partial charge in [0.25, 0.3) is 0 Å². The Morgan fingerprint density at radius 1 is 0.487 bits per heavy atom. The van der Waals surface area contributed by atoms with E-state index in [1.165, 1.54) is 167 Å². The fourth-order valence-corrected chi connectivity index (χ4v) is 9.81. The van der Waals surface area contributed by atoms with Crippen LogP contribution < -0.4 is 5.32 Å². The van der Waals surface area contributed by atoms with Gasteiger partial charge in [0.05, 0.1) is 32.0 Å². The van der Waals surface area contributed by atoms with Gasteiger partial charge < -0.3 is 45.1 Å². The Labute approximate surface area is 489 Å². The molecule has 1 aliphatic heterocycles. The van der Waals surface area contributed by atoms with Gasteiger partial charge in [0.2, 0.25) is 5.91 Å². The molecular weight excluding hydrogens is 1000 g/mol. The first kappa shape index (κ1) is 74.9. The van der Waals surface area contributed by atoms with Gasteiger partial charge in [0.15, 0.2) is 6.29 Å². The lowest BCUT2D eigenvalue weighted by atomic mass is 9.99. The van der Waals surface area contributed by atoms with Crippen LogP contribution in [0.4, 0.5) is 0 Å². The average molecular weight is 1120 g/mol. The third-order valence-electron chi connectivity index (χ3n) is 15.0. The second-order valence-electron chi connectivity index (χ2n) is 22.5. The van der Waals surface area contributed by atoms with Crippen LogP contribution in [0.5, 0.6) is 0 Å². The van der Waals surface area contributed by atoms with Crippen molar-refractivity contribution in [3.8, 4) is 0 Å². The van der Waals surface area contributed by atoms with Crippen LogP contribution in [0, 0.1) is 0 Å². The van der Waals surface area contributed by atoms with Crippen LogP contribution in [0.3, 0.4) is 0 Å². The van der Waals surface area contributed by atoms with Gasteiger partial charge in [-0.25, -0.2) is 0 Å². The molecule has 0 bridgehead atoms. The number of hydrogen-bond donors (Lipinski definition) is 6. The van der Waals surface area contributed by atoms with Gasteiger partial charge in [-0.1, -0.05) is 240 Å². The van der Waals surface area contributed by atoms with Crippen molar-refractivity contribution in [3.05, 3.63) is 85.1 Å². The number of aliphatic hydroxyl groups excluding tert-OH is 5. The molecule has 1 amide bonds. The van der Waals surface area contributed by atoms with E-state index in [2.05, 4.69) is 79.1 Å². The fraction of sp³-hybridized carbons (Fsp3) is 0.768. The number of carbonyl (C=O) groups excluding carboxylic acids is 2. The van der Waals surface area contributed by atoms with Crippen molar-refractivity contribution in [2.75, 3.05) is 19.8 Å². The second kappa shape index (κ2) is 57.6. The van der Waals surface area contributed by atoms with Crippen LogP contribution in [-0.4, -0.2) is 100 Å². The Morgan fingerprint density at radius 2 is 0.900 bits per heavy atom. The zero-order chi connectivity index (χ0) is 58.0. The average Bonchev–Trinajstić information content (AvgIpc) is 3.45. The molecule has 11 heteroatoms. The van der Waals surface area contributed by atoms with Crippen LogP contribution in [0.2, 0.25) is 0 Å². The van der Waals surface area contributed by atoms with Gasteiger partial charge in [0.1, 0.15) is 24.4 Å². The van der Waals surface area contributed by atoms with Gasteiger partial charge in [-0.2, -0.15) is 0 Å². The van der Waals surface area contributed by atoms with Crippen molar-refractivity contribution in [2.45, 2.75) is 320 Å². The molecule has 0 aromatic carbocycles. The SMILES string of the molecule is C/C=C/CC/C=C/CC/C=C/C(O)C(COC1OC(CO)C(O)C(O)C1O)NC(=O)CCCCCCCCCCCCCCC/C=C\C/C=C\CCCCCCCCCCCOC(=O)CCCCCCC/C=C\C/C=C\CCCC. The molecule has 1 heterocycles. The van der Waals surface area contributed by atoms with E-state index in [4.69, 9.17) is 14.2 Å². The van der Waals surface area contributed by atoms with Crippen LogP contribution in [0.25, 0.3) is 0 Å². The Hall–Kier alpha value is -3.16. The quantitative estimate of drug-likeness (QED) is 0.0195. The Morgan fingerprint density at radius 3 is 1.38 bits per heavy atom. The van der Waals surface area contributed by atoms with E-state index in [0.717, 1.165) is 83.5 Å². The van der Waals surface area contributed by atoms with E-state index < -0.39 is 49.5 Å². The number of allylic oxidation sites excluding steroid dienone is 13. The normalized spacial score (nSPS) is 18.9. The number of hydrogen-bond acceptors (Lipinski definition) is 10. The molecule has 1 saturated heterocycles. The molecule has 1 aliphatic rings. The molecule has 7 unspecified atom stereocenters. The summed E-state index contributed by atoms with van der Waals surface area (Å²) in [4.78, 5) is 25.0. The summed E-state index contributed by atoms with van der Waals surface area (Å²) in [5, 5.41) is 54.2. The summed E-state index contributed by atoms with van der Waals surface area (Å²) in [6, 6.07) is -0.836. The summed E-state index contributed by atoms with van der Waals surface area (Å²) in [6.45, 7) is 4.04. The molecular formula is C69H121NO10.